The third-order valence-corrected chi connectivity index (χ3v) is 1.85. The van der Waals surface area contributed by atoms with E-state index in [0.29, 0.717) is 5.46 Å². The zero-order chi connectivity index (χ0) is 8.97. The van der Waals surface area contributed by atoms with Crippen LogP contribution < -0.4 is 5.46 Å². The van der Waals surface area contributed by atoms with E-state index < -0.39 is 7.12 Å². The molecule has 0 aliphatic heterocycles. The van der Waals surface area contributed by atoms with Gasteiger partial charge in [0.15, 0.2) is 0 Å². The summed E-state index contributed by atoms with van der Waals surface area (Å²) in [5.41, 5.74) is 1.65. The third-order valence-electron chi connectivity index (χ3n) is 1.85. The standard InChI is InChI=1S/C8H12B2O2/c1-9-6-7-4-2-3-5-8(7)10(11)12/h2-5,9,11-12H,6H2,1H3. The molecule has 0 fully saturated rings. The van der Waals surface area contributed by atoms with Gasteiger partial charge in [-0.2, -0.15) is 0 Å². The number of hydrogen-bond donors (Lipinski definition) is 2. The van der Waals surface area contributed by atoms with Crippen LogP contribution in [0.1, 0.15) is 5.56 Å². The lowest BCUT2D eigenvalue weighted by Gasteiger charge is -2.05. The fraction of sp³-hybridized carbons (Fsp3) is 0.250. The first-order chi connectivity index (χ1) is 5.75. The highest BCUT2D eigenvalue weighted by molar-refractivity contribution is 6.59. The number of rotatable bonds is 3. The Bertz CT molecular complexity index is 251. The summed E-state index contributed by atoms with van der Waals surface area (Å²) in [4.78, 5) is 0. The van der Waals surface area contributed by atoms with Crippen LogP contribution in [0.15, 0.2) is 24.3 Å². The van der Waals surface area contributed by atoms with Crippen molar-refractivity contribution in [3.63, 3.8) is 0 Å². The van der Waals surface area contributed by atoms with Gasteiger partial charge in [0.2, 0.25) is 0 Å². The van der Waals surface area contributed by atoms with E-state index in [4.69, 9.17) is 10.0 Å². The second-order valence-electron chi connectivity index (χ2n) is 2.82. The van der Waals surface area contributed by atoms with Crippen molar-refractivity contribution < 1.29 is 10.0 Å². The van der Waals surface area contributed by atoms with Crippen molar-refractivity contribution in [2.45, 2.75) is 13.1 Å². The van der Waals surface area contributed by atoms with Crippen LogP contribution in [0, 0.1) is 0 Å². The Morgan fingerprint density at radius 1 is 1.33 bits per heavy atom. The van der Waals surface area contributed by atoms with Gasteiger partial charge in [-0.25, -0.2) is 0 Å². The summed E-state index contributed by atoms with van der Waals surface area (Å²) >= 11 is 0. The highest BCUT2D eigenvalue weighted by Gasteiger charge is 2.13. The van der Waals surface area contributed by atoms with Gasteiger partial charge >= 0.3 is 7.12 Å². The predicted molar refractivity (Wildman–Crippen MR) is 53.0 cm³/mol. The summed E-state index contributed by atoms with van der Waals surface area (Å²) < 4.78 is 0. The van der Waals surface area contributed by atoms with Gasteiger partial charge in [-0.3, -0.25) is 0 Å². The van der Waals surface area contributed by atoms with E-state index >= 15 is 0 Å². The smallest absolute Gasteiger partial charge is 0.423 e. The van der Waals surface area contributed by atoms with Crippen molar-refractivity contribution in [3.05, 3.63) is 29.8 Å². The van der Waals surface area contributed by atoms with Gasteiger partial charge < -0.3 is 10.0 Å². The van der Waals surface area contributed by atoms with Gasteiger partial charge in [-0.15, -0.1) is 0 Å². The summed E-state index contributed by atoms with van der Waals surface area (Å²) in [6.45, 7) is 2.07. The third kappa shape index (κ3) is 2.13. The van der Waals surface area contributed by atoms with Gasteiger partial charge in [-0.05, 0) is 5.46 Å². The van der Waals surface area contributed by atoms with Crippen LogP contribution in [0.2, 0.25) is 6.82 Å². The molecule has 0 unspecified atom stereocenters. The molecule has 0 spiro atoms. The fourth-order valence-electron chi connectivity index (χ4n) is 1.28. The lowest BCUT2D eigenvalue weighted by atomic mass is 9.68. The predicted octanol–water partition coefficient (Wildman–Crippen LogP) is -0.649. The first kappa shape index (κ1) is 9.36. The van der Waals surface area contributed by atoms with Crippen LogP contribution in [0.5, 0.6) is 0 Å². The molecule has 1 aromatic carbocycles. The summed E-state index contributed by atoms with van der Waals surface area (Å²) in [6, 6.07) is 7.40. The Balaban J connectivity index is 2.92. The molecule has 0 atom stereocenters. The van der Waals surface area contributed by atoms with Gasteiger partial charge in [0.25, 0.3) is 0 Å². The maximum Gasteiger partial charge on any atom is 0.488 e. The molecule has 4 heteroatoms. The SMILES string of the molecule is CBCc1ccccc1B(O)O. The van der Waals surface area contributed by atoms with Gasteiger partial charge in [0.1, 0.15) is 7.28 Å². The first-order valence-corrected chi connectivity index (χ1v) is 4.19. The van der Waals surface area contributed by atoms with E-state index in [1.54, 1.807) is 6.07 Å². The number of benzene rings is 1. The normalized spacial score (nSPS) is 9.58. The molecule has 0 heterocycles. The molecule has 1 aromatic rings. The second-order valence-corrected chi connectivity index (χ2v) is 2.82. The topological polar surface area (TPSA) is 40.5 Å². The molecule has 0 radical (unpaired) electrons. The summed E-state index contributed by atoms with van der Waals surface area (Å²) in [6.07, 6.45) is 0.897. The van der Waals surface area contributed by atoms with E-state index in [1.165, 1.54) is 0 Å². The molecule has 12 heavy (non-hydrogen) atoms. The molecule has 0 aliphatic rings. The minimum absolute atomic E-state index is 0.624. The Morgan fingerprint density at radius 2 is 2.00 bits per heavy atom. The molecule has 62 valence electrons. The van der Waals surface area contributed by atoms with E-state index in [1.807, 2.05) is 18.2 Å². The van der Waals surface area contributed by atoms with Crippen LogP contribution in [0.25, 0.3) is 0 Å². The summed E-state index contributed by atoms with van der Waals surface area (Å²) in [5, 5.41) is 18.0. The first-order valence-electron chi connectivity index (χ1n) is 4.19. The van der Waals surface area contributed by atoms with Crippen LogP contribution in [0.4, 0.5) is 0 Å². The molecule has 0 amide bonds. The fourth-order valence-corrected chi connectivity index (χ4v) is 1.28. The molecule has 0 saturated carbocycles. The zero-order valence-corrected chi connectivity index (χ0v) is 7.20. The van der Waals surface area contributed by atoms with Crippen molar-refractivity contribution >= 4 is 19.9 Å². The quantitative estimate of drug-likeness (QED) is 0.579. The molecule has 0 aliphatic carbocycles. The molecule has 0 saturated heterocycles. The van der Waals surface area contributed by atoms with Crippen LogP contribution in [-0.2, 0) is 6.32 Å². The highest BCUT2D eigenvalue weighted by atomic mass is 16.4. The molecule has 2 nitrogen and oxygen atoms in total. The molecule has 2 N–H and O–H groups in total. The van der Waals surface area contributed by atoms with E-state index in [2.05, 4.69) is 6.82 Å². The van der Waals surface area contributed by atoms with Crippen molar-refractivity contribution in [1.82, 2.24) is 0 Å². The second kappa shape index (κ2) is 4.33. The Hall–Kier alpha value is -0.730. The molecular formula is C8H12B2O2. The molecule has 0 bridgehead atoms. The lowest BCUT2D eigenvalue weighted by molar-refractivity contribution is 0.425. The van der Waals surface area contributed by atoms with E-state index in [0.717, 1.165) is 19.2 Å². The lowest BCUT2D eigenvalue weighted by Crippen LogP contribution is -2.33. The van der Waals surface area contributed by atoms with Crippen LogP contribution >= 0.6 is 0 Å². The van der Waals surface area contributed by atoms with E-state index in [-0.39, 0.29) is 0 Å². The van der Waals surface area contributed by atoms with Crippen LogP contribution in [-0.4, -0.2) is 24.4 Å². The van der Waals surface area contributed by atoms with Crippen molar-refractivity contribution in [3.8, 4) is 0 Å². The van der Waals surface area contributed by atoms with Crippen molar-refractivity contribution in [1.29, 1.82) is 0 Å². The maximum absolute atomic E-state index is 8.99. The summed E-state index contributed by atoms with van der Waals surface area (Å²) in [5.74, 6) is 0. The Labute approximate surface area is 73.6 Å². The van der Waals surface area contributed by atoms with Crippen molar-refractivity contribution in [2.75, 3.05) is 0 Å². The zero-order valence-electron chi connectivity index (χ0n) is 7.20. The Kier molecular flexibility index (Phi) is 3.38. The van der Waals surface area contributed by atoms with E-state index in [9.17, 15) is 0 Å². The Morgan fingerprint density at radius 3 is 2.58 bits per heavy atom. The molecular weight excluding hydrogens is 150 g/mol. The minimum atomic E-state index is -1.34. The molecule has 1 rings (SSSR count). The summed E-state index contributed by atoms with van der Waals surface area (Å²) in [7, 11) is -0.322. The van der Waals surface area contributed by atoms with Crippen molar-refractivity contribution in [2.24, 2.45) is 0 Å². The monoisotopic (exact) mass is 162 g/mol. The van der Waals surface area contributed by atoms with Crippen LogP contribution in [0.3, 0.4) is 0 Å². The average Bonchev–Trinajstić information content (AvgIpc) is 2.05. The van der Waals surface area contributed by atoms with Gasteiger partial charge in [0, 0.05) is 0 Å². The minimum Gasteiger partial charge on any atom is -0.423 e. The van der Waals surface area contributed by atoms with Gasteiger partial charge in [0.05, 0.1) is 0 Å². The number of hydrogen-bond acceptors (Lipinski definition) is 2. The highest BCUT2D eigenvalue weighted by Crippen LogP contribution is 1.97. The molecule has 0 aromatic heterocycles. The van der Waals surface area contributed by atoms with Gasteiger partial charge in [-0.1, -0.05) is 43.0 Å². The maximum atomic E-state index is 8.99. The largest absolute Gasteiger partial charge is 0.488 e. The average molecular weight is 162 g/mol.